The molecule has 0 spiro atoms. The number of rotatable bonds is 4. The van der Waals surface area contributed by atoms with Crippen LogP contribution in [0, 0.1) is 0 Å². The molecular formula is C16H24N2O3S. The third-order valence-electron chi connectivity index (χ3n) is 4.43. The SMILES string of the molecule is C[C@@H](CNC(=O)N1CCO[C@@H]([C@@H]2CCCO2)C1)c1ccsc1. The Kier molecular flexibility index (Phi) is 5.33. The highest BCUT2D eigenvalue weighted by molar-refractivity contribution is 7.07. The molecule has 122 valence electrons. The van der Waals surface area contributed by atoms with Crippen molar-refractivity contribution in [2.45, 2.75) is 37.9 Å². The van der Waals surface area contributed by atoms with Gasteiger partial charge in [-0.1, -0.05) is 6.92 Å². The molecule has 3 atom stereocenters. The summed E-state index contributed by atoms with van der Waals surface area (Å²) in [5, 5.41) is 7.26. The highest BCUT2D eigenvalue weighted by Crippen LogP contribution is 2.21. The lowest BCUT2D eigenvalue weighted by molar-refractivity contribution is -0.0848. The zero-order valence-electron chi connectivity index (χ0n) is 13.0. The first-order chi connectivity index (χ1) is 10.7. The molecule has 2 saturated heterocycles. The van der Waals surface area contributed by atoms with Gasteiger partial charge in [-0.25, -0.2) is 4.79 Å². The first kappa shape index (κ1) is 15.8. The Morgan fingerprint density at radius 2 is 2.32 bits per heavy atom. The predicted octanol–water partition coefficient (Wildman–Crippen LogP) is 2.44. The number of nitrogens with zero attached hydrogens (tertiary/aromatic N) is 1. The van der Waals surface area contributed by atoms with Crippen LogP contribution in [0.25, 0.3) is 0 Å². The second-order valence-electron chi connectivity index (χ2n) is 6.05. The largest absolute Gasteiger partial charge is 0.375 e. The van der Waals surface area contributed by atoms with Gasteiger partial charge in [0.2, 0.25) is 0 Å². The summed E-state index contributed by atoms with van der Waals surface area (Å²) in [6.07, 6.45) is 2.31. The second kappa shape index (κ2) is 7.44. The summed E-state index contributed by atoms with van der Waals surface area (Å²) in [6, 6.07) is 2.12. The number of hydrogen-bond acceptors (Lipinski definition) is 4. The lowest BCUT2D eigenvalue weighted by Crippen LogP contribution is -2.53. The van der Waals surface area contributed by atoms with Crippen LogP contribution in [0.5, 0.6) is 0 Å². The number of carbonyl (C=O) groups is 1. The zero-order valence-corrected chi connectivity index (χ0v) is 13.8. The fraction of sp³-hybridized carbons (Fsp3) is 0.688. The van der Waals surface area contributed by atoms with E-state index in [4.69, 9.17) is 9.47 Å². The Balaban J connectivity index is 1.47. The molecule has 0 radical (unpaired) electrons. The van der Waals surface area contributed by atoms with Gasteiger partial charge in [-0.2, -0.15) is 11.3 Å². The summed E-state index contributed by atoms with van der Waals surface area (Å²) in [5.74, 6) is 0.338. The standard InChI is InChI=1S/C16H24N2O3S/c1-12(13-4-8-22-11-13)9-17-16(19)18-5-7-21-15(10-18)14-3-2-6-20-14/h4,8,11-12,14-15H,2-3,5-7,9-10H2,1H3,(H,17,19)/t12-,14-,15+/m0/s1. The monoisotopic (exact) mass is 324 g/mol. The minimum absolute atomic E-state index is 0.00776. The number of thiophene rings is 1. The average molecular weight is 324 g/mol. The van der Waals surface area contributed by atoms with Crippen LogP contribution in [0.1, 0.15) is 31.2 Å². The maximum atomic E-state index is 12.4. The Morgan fingerprint density at radius 1 is 1.45 bits per heavy atom. The van der Waals surface area contributed by atoms with E-state index in [-0.39, 0.29) is 18.2 Å². The van der Waals surface area contributed by atoms with Gasteiger partial charge in [-0.15, -0.1) is 0 Å². The molecule has 3 rings (SSSR count). The number of nitrogens with one attached hydrogen (secondary N) is 1. The summed E-state index contributed by atoms with van der Waals surface area (Å²) < 4.78 is 11.5. The zero-order chi connectivity index (χ0) is 15.4. The van der Waals surface area contributed by atoms with Crippen LogP contribution in [-0.2, 0) is 9.47 Å². The summed E-state index contributed by atoms with van der Waals surface area (Å²) in [5.41, 5.74) is 1.28. The molecule has 0 aliphatic carbocycles. The van der Waals surface area contributed by atoms with Crippen molar-refractivity contribution in [3.8, 4) is 0 Å². The molecule has 0 bridgehead atoms. The molecule has 22 heavy (non-hydrogen) atoms. The Hall–Kier alpha value is -1.11. The number of hydrogen-bond donors (Lipinski definition) is 1. The van der Waals surface area contributed by atoms with Crippen molar-refractivity contribution >= 4 is 17.4 Å². The smallest absolute Gasteiger partial charge is 0.317 e. The van der Waals surface area contributed by atoms with Crippen LogP contribution in [0.3, 0.4) is 0 Å². The van der Waals surface area contributed by atoms with Gasteiger partial charge in [-0.3, -0.25) is 0 Å². The molecule has 1 aromatic heterocycles. The van der Waals surface area contributed by atoms with Crippen LogP contribution in [-0.4, -0.2) is 56.0 Å². The molecule has 5 nitrogen and oxygen atoms in total. The van der Waals surface area contributed by atoms with Crippen molar-refractivity contribution in [3.63, 3.8) is 0 Å². The highest BCUT2D eigenvalue weighted by atomic mass is 32.1. The van der Waals surface area contributed by atoms with Crippen LogP contribution >= 0.6 is 11.3 Å². The topological polar surface area (TPSA) is 50.8 Å². The number of amides is 2. The third kappa shape index (κ3) is 3.80. The number of urea groups is 1. The van der Waals surface area contributed by atoms with E-state index in [1.165, 1.54) is 5.56 Å². The summed E-state index contributed by atoms with van der Waals surface area (Å²) in [7, 11) is 0. The first-order valence-electron chi connectivity index (χ1n) is 8.02. The van der Waals surface area contributed by atoms with Crippen molar-refractivity contribution in [3.05, 3.63) is 22.4 Å². The average Bonchev–Trinajstić information content (AvgIpc) is 3.25. The van der Waals surface area contributed by atoms with Crippen molar-refractivity contribution in [2.24, 2.45) is 0 Å². The normalized spacial score (nSPS) is 26.9. The van der Waals surface area contributed by atoms with Crippen molar-refractivity contribution < 1.29 is 14.3 Å². The lowest BCUT2D eigenvalue weighted by Gasteiger charge is -2.35. The van der Waals surface area contributed by atoms with Gasteiger partial charge in [0.25, 0.3) is 0 Å². The molecule has 0 unspecified atom stereocenters. The molecule has 2 fully saturated rings. The molecule has 2 amide bonds. The van der Waals surface area contributed by atoms with E-state index in [0.29, 0.717) is 32.2 Å². The van der Waals surface area contributed by atoms with Gasteiger partial charge in [-0.05, 0) is 41.1 Å². The van der Waals surface area contributed by atoms with Gasteiger partial charge in [0.05, 0.1) is 19.3 Å². The predicted molar refractivity (Wildman–Crippen MR) is 86.4 cm³/mol. The van der Waals surface area contributed by atoms with E-state index in [0.717, 1.165) is 19.4 Å². The molecule has 1 N–H and O–H groups in total. The minimum atomic E-state index is 0.00776. The van der Waals surface area contributed by atoms with Gasteiger partial charge >= 0.3 is 6.03 Å². The molecule has 6 heteroatoms. The molecule has 2 aliphatic heterocycles. The Bertz CT molecular complexity index is 474. The fourth-order valence-corrected chi connectivity index (χ4v) is 3.79. The number of ether oxygens (including phenoxy) is 2. The molecule has 1 aromatic rings. The Labute approximate surface area is 135 Å². The minimum Gasteiger partial charge on any atom is -0.375 e. The van der Waals surface area contributed by atoms with Crippen molar-refractivity contribution in [1.29, 1.82) is 0 Å². The van der Waals surface area contributed by atoms with E-state index in [1.54, 1.807) is 11.3 Å². The summed E-state index contributed by atoms with van der Waals surface area (Å²) in [6.45, 7) is 5.49. The lowest BCUT2D eigenvalue weighted by atomic mass is 10.1. The Morgan fingerprint density at radius 3 is 3.05 bits per heavy atom. The molecule has 3 heterocycles. The van der Waals surface area contributed by atoms with E-state index < -0.39 is 0 Å². The highest BCUT2D eigenvalue weighted by Gasteiger charge is 2.32. The van der Waals surface area contributed by atoms with Crippen LogP contribution in [0.15, 0.2) is 16.8 Å². The van der Waals surface area contributed by atoms with Crippen LogP contribution < -0.4 is 5.32 Å². The van der Waals surface area contributed by atoms with Gasteiger partial charge in [0.15, 0.2) is 0 Å². The molecule has 0 aromatic carbocycles. The van der Waals surface area contributed by atoms with Gasteiger partial charge in [0.1, 0.15) is 6.10 Å². The molecular weight excluding hydrogens is 300 g/mol. The second-order valence-corrected chi connectivity index (χ2v) is 6.83. The quantitative estimate of drug-likeness (QED) is 0.925. The van der Waals surface area contributed by atoms with E-state index in [2.05, 4.69) is 29.1 Å². The van der Waals surface area contributed by atoms with Crippen molar-refractivity contribution in [1.82, 2.24) is 10.2 Å². The van der Waals surface area contributed by atoms with Gasteiger partial charge in [0, 0.05) is 19.7 Å². The summed E-state index contributed by atoms with van der Waals surface area (Å²) >= 11 is 1.69. The number of carbonyl (C=O) groups excluding carboxylic acids is 1. The maximum Gasteiger partial charge on any atom is 0.317 e. The van der Waals surface area contributed by atoms with Crippen LogP contribution in [0.4, 0.5) is 4.79 Å². The number of morpholine rings is 1. The molecule has 2 aliphatic rings. The summed E-state index contributed by atoms with van der Waals surface area (Å²) in [4.78, 5) is 14.2. The molecule has 0 saturated carbocycles. The van der Waals surface area contributed by atoms with Crippen molar-refractivity contribution in [2.75, 3.05) is 32.8 Å². The third-order valence-corrected chi connectivity index (χ3v) is 5.13. The van der Waals surface area contributed by atoms with E-state index in [9.17, 15) is 4.79 Å². The fourth-order valence-electron chi connectivity index (χ4n) is 3.01. The maximum absolute atomic E-state index is 12.4. The van der Waals surface area contributed by atoms with E-state index in [1.807, 2.05) is 4.90 Å². The van der Waals surface area contributed by atoms with Gasteiger partial charge < -0.3 is 19.7 Å². The first-order valence-corrected chi connectivity index (χ1v) is 8.96. The van der Waals surface area contributed by atoms with E-state index >= 15 is 0 Å². The van der Waals surface area contributed by atoms with Crippen LogP contribution in [0.2, 0.25) is 0 Å².